The zero-order valence-electron chi connectivity index (χ0n) is 48.6. The van der Waals surface area contributed by atoms with E-state index in [0.29, 0.717) is 0 Å². The molecular weight excluding hydrogens is 1050 g/mol. The number of benzene rings is 15. The third-order valence-electron chi connectivity index (χ3n) is 21.8. The average molecular weight is 1100 g/mol. The van der Waals surface area contributed by atoms with E-state index >= 15 is 0 Å². The van der Waals surface area contributed by atoms with Gasteiger partial charge in [-0.15, -0.1) is 0 Å². The van der Waals surface area contributed by atoms with Crippen LogP contribution in [0, 0.1) is 0 Å². The largest absolute Gasteiger partial charge is 0.310 e. The summed E-state index contributed by atoms with van der Waals surface area (Å²) in [5.74, 6) is 0. The Balaban J connectivity index is 0.903. The number of fused-ring (bicyclic) bond motifs is 30. The fourth-order valence-electron chi connectivity index (χ4n) is 18.0. The van der Waals surface area contributed by atoms with Crippen LogP contribution >= 0.6 is 0 Å². The molecule has 17 aromatic rings. The van der Waals surface area contributed by atoms with Crippen molar-refractivity contribution in [2.24, 2.45) is 0 Å². The smallest absolute Gasteiger partial charge is 0.252 e. The molecule has 15 aromatic carbocycles. The molecule has 21 rings (SSSR count). The van der Waals surface area contributed by atoms with Gasteiger partial charge in [0.15, 0.2) is 0 Å². The standard InChI is InChI=1S/C84H53BN2/c1-83(2)66-28-15-13-24-56(66)58-36-32-48(42-68(58)83)46-34-38-72-64(40-46)78-76-60-26-11-9-20-52(60)50-18-5-7-22-54(50)62(76)44-70-81(78)86(72)74-30-17-31-75-80(74)85(70)71-45-63-55-23-8-6-19-51(55)53-21-10-12-27-61(53)77(63)79-65-41-47(35-39-73(65)87(75)82(71)79)49-33-37-59-57-25-14-16-29-67(57)84(3,4)69(59)43-49/h5-45H,1-4H3. The summed E-state index contributed by atoms with van der Waals surface area (Å²) < 4.78 is 5.35. The van der Waals surface area contributed by atoms with Crippen molar-refractivity contribution in [1.29, 1.82) is 0 Å². The fourth-order valence-corrected chi connectivity index (χ4v) is 18.0. The summed E-state index contributed by atoms with van der Waals surface area (Å²) in [7, 11) is 0. The van der Waals surface area contributed by atoms with Crippen LogP contribution in [0.2, 0.25) is 0 Å². The Hall–Kier alpha value is -10.5. The first-order valence-electron chi connectivity index (χ1n) is 31.0. The van der Waals surface area contributed by atoms with Gasteiger partial charge in [-0.2, -0.15) is 0 Å². The van der Waals surface area contributed by atoms with E-state index in [0.717, 1.165) is 0 Å². The van der Waals surface area contributed by atoms with Crippen molar-refractivity contribution >= 4 is 131 Å². The van der Waals surface area contributed by atoms with Gasteiger partial charge < -0.3 is 9.13 Å². The molecule has 0 saturated carbocycles. The van der Waals surface area contributed by atoms with E-state index in [1.54, 1.807) is 0 Å². The van der Waals surface area contributed by atoms with Crippen LogP contribution in [0.5, 0.6) is 0 Å². The zero-order chi connectivity index (χ0) is 57.1. The average Bonchev–Trinajstić information content (AvgIpc) is 1.60. The van der Waals surface area contributed by atoms with Gasteiger partial charge in [-0.3, -0.25) is 0 Å². The predicted molar refractivity (Wildman–Crippen MR) is 371 cm³/mol. The summed E-state index contributed by atoms with van der Waals surface area (Å²) in [5.41, 5.74) is 27.4. The Morgan fingerprint density at radius 2 is 0.609 bits per heavy atom. The van der Waals surface area contributed by atoms with E-state index in [1.807, 2.05) is 0 Å². The van der Waals surface area contributed by atoms with E-state index in [4.69, 9.17) is 0 Å². The van der Waals surface area contributed by atoms with Crippen molar-refractivity contribution in [3.05, 3.63) is 271 Å². The second-order valence-electron chi connectivity index (χ2n) is 26.5. The third-order valence-corrected chi connectivity index (χ3v) is 21.8. The summed E-state index contributed by atoms with van der Waals surface area (Å²) >= 11 is 0. The monoisotopic (exact) mass is 1100 g/mol. The summed E-state index contributed by atoms with van der Waals surface area (Å²) in [6.45, 7) is 9.49. The van der Waals surface area contributed by atoms with Crippen LogP contribution in [0.1, 0.15) is 49.9 Å². The van der Waals surface area contributed by atoms with Gasteiger partial charge in [0.2, 0.25) is 0 Å². The van der Waals surface area contributed by atoms with Gasteiger partial charge >= 0.3 is 0 Å². The number of hydrogen-bond donors (Lipinski definition) is 0. The number of rotatable bonds is 2. The Kier molecular flexibility index (Phi) is 8.55. The second kappa shape index (κ2) is 15.9. The molecule has 4 aliphatic rings. The van der Waals surface area contributed by atoms with Crippen LogP contribution in [-0.4, -0.2) is 15.8 Å². The van der Waals surface area contributed by atoms with Crippen LogP contribution in [0.15, 0.2) is 249 Å². The lowest BCUT2D eigenvalue weighted by atomic mass is 9.34. The zero-order valence-corrected chi connectivity index (χ0v) is 48.6. The van der Waals surface area contributed by atoms with Crippen LogP contribution in [0.3, 0.4) is 0 Å². The molecule has 2 aliphatic heterocycles. The lowest BCUT2D eigenvalue weighted by Gasteiger charge is -2.34. The molecule has 2 nitrogen and oxygen atoms in total. The Labute approximate surface area is 502 Å². The SMILES string of the molecule is CC1(C)c2ccccc2-c2ccc(-c3ccc4c(c3)c3c5c6ccccc6c6ccccc6c5cc5c3n4-c3cccc4c3B5c3cc5c6ccccc6c6ccccc6c5c5c6cc(-c7ccc8c(c7)C(C)(C)c7ccccc7-8)ccc6n-4c35)cc21. The molecule has 0 unspecified atom stereocenters. The molecule has 402 valence electrons. The number of aromatic nitrogens is 2. The Bertz CT molecular complexity index is 5770. The summed E-state index contributed by atoms with van der Waals surface area (Å²) in [5, 5.41) is 20.8. The first-order chi connectivity index (χ1) is 42.7. The second-order valence-corrected chi connectivity index (χ2v) is 26.5. The molecular formula is C84H53BN2. The van der Waals surface area contributed by atoms with Crippen LogP contribution < -0.4 is 16.4 Å². The minimum Gasteiger partial charge on any atom is -0.310 e. The molecule has 0 atom stereocenters. The highest BCUT2D eigenvalue weighted by Crippen LogP contribution is 2.54. The van der Waals surface area contributed by atoms with Crippen molar-refractivity contribution in [3.63, 3.8) is 0 Å². The molecule has 2 aromatic heterocycles. The highest BCUT2D eigenvalue weighted by atomic mass is 15.0. The van der Waals surface area contributed by atoms with E-state index in [1.165, 1.54) is 203 Å². The normalized spacial score (nSPS) is 14.6. The molecule has 0 radical (unpaired) electrons. The molecule has 0 amide bonds. The topological polar surface area (TPSA) is 9.86 Å². The van der Waals surface area contributed by atoms with Crippen molar-refractivity contribution in [1.82, 2.24) is 9.13 Å². The van der Waals surface area contributed by atoms with Crippen molar-refractivity contribution in [2.75, 3.05) is 0 Å². The van der Waals surface area contributed by atoms with Crippen LogP contribution in [-0.2, 0) is 10.8 Å². The minimum atomic E-state index is -0.109. The van der Waals surface area contributed by atoms with Gasteiger partial charge in [-0.1, -0.05) is 228 Å². The Morgan fingerprint density at radius 1 is 0.264 bits per heavy atom. The van der Waals surface area contributed by atoms with E-state index < -0.39 is 0 Å². The molecule has 0 fully saturated rings. The Morgan fingerprint density at radius 3 is 1.05 bits per heavy atom. The van der Waals surface area contributed by atoms with E-state index in [-0.39, 0.29) is 17.5 Å². The van der Waals surface area contributed by atoms with Crippen molar-refractivity contribution in [2.45, 2.75) is 38.5 Å². The van der Waals surface area contributed by atoms with Gasteiger partial charge in [-0.05, 0) is 186 Å². The summed E-state index contributed by atoms with van der Waals surface area (Å²) in [6, 6.07) is 96.5. The number of hydrogen-bond acceptors (Lipinski definition) is 0. The molecule has 3 heteroatoms. The molecule has 2 aliphatic carbocycles. The molecule has 4 heterocycles. The summed E-state index contributed by atoms with van der Waals surface area (Å²) in [6.07, 6.45) is 0. The van der Waals surface area contributed by atoms with Gasteiger partial charge in [-0.25, -0.2) is 0 Å². The highest BCUT2D eigenvalue weighted by molar-refractivity contribution is 7.01. The minimum absolute atomic E-state index is 0.0841. The van der Waals surface area contributed by atoms with E-state index in [2.05, 4.69) is 286 Å². The van der Waals surface area contributed by atoms with E-state index in [9.17, 15) is 0 Å². The van der Waals surface area contributed by atoms with Gasteiger partial charge in [0.25, 0.3) is 6.71 Å². The third kappa shape index (κ3) is 5.62. The molecule has 0 spiro atoms. The van der Waals surface area contributed by atoms with Crippen molar-refractivity contribution in [3.8, 4) is 55.9 Å². The lowest BCUT2D eigenvalue weighted by Crippen LogP contribution is -2.59. The highest BCUT2D eigenvalue weighted by Gasteiger charge is 2.43. The maximum Gasteiger partial charge on any atom is 0.252 e. The predicted octanol–water partition coefficient (Wildman–Crippen LogP) is 19.9. The van der Waals surface area contributed by atoms with Crippen LogP contribution in [0.25, 0.3) is 164 Å². The molecule has 0 N–H and O–H groups in total. The maximum atomic E-state index is 2.68. The molecule has 0 saturated heterocycles. The van der Waals surface area contributed by atoms with Crippen molar-refractivity contribution < 1.29 is 0 Å². The first-order valence-corrected chi connectivity index (χ1v) is 31.0. The van der Waals surface area contributed by atoms with Gasteiger partial charge in [0, 0.05) is 54.5 Å². The van der Waals surface area contributed by atoms with Crippen LogP contribution in [0.4, 0.5) is 0 Å². The van der Waals surface area contributed by atoms with Gasteiger partial charge in [0.1, 0.15) is 0 Å². The lowest BCUT2D eigenvalue weighted by molar-refractivity contribution is 0.660. The first kappa shape index (κ1) is 46.8. The quantitative estimate of drug-likeness (QED) is 0.121. The summed E-state index contributed by atoms with van der Waals surface area (Å²) in [4.78, 5) is 0. The van der Waals surface area contributed by atoms with Gasteiger partial charge in [0.05, 0.1) is 22.1 Å². The molecule has 87 heavy (non-hydrogen) atoms. The fraction of sp³-hybridized carbons (Fsp3) is 0.0714. The number of nitrogens with zero attached hydrogens (tertiary/aromatic N) is 2. The molecule has 0 bridgehead atoms. The maximum absolute atomic E-state index is 2.68.